The van der Waals surface area contributed by atoms with Gasteiger partial charge in [-0.05, 0) is 48.7 Å². The van der Waals surface area contributed by atoms with Gasteiger partial charge in [0.1, 0.15) is 17.2 Å². The maximum Gasteiger partial charge on any atom is 0.131 e. The summed E-state index contributed by atoms with van der Waals surface area (Å²) in [6.07, 6.45) is 0. The summed E-state index contributed by atoms with van der Waals surface area (Å²) in [4.78, 5) is 0. The lowest BCUT2D eigenvalue weighted by Crippen LogP contribution is -1.87. The molecular weight excluding hydrogens is 264 g/mol. The zero-order chi connectivity index (χ0) is 15.1. The Morgan fingerprint density at radius 3 is 1.90 bits per heavy atom. The number of benzene rings is 3. The average Bonchev–Trinajstić information content (AvgIpc) is 2.48. The summed E-state index contributed by atoms with van der Waals surface area (Å²) in [7, 11) is 0. The Labute approximate surface area is 122 Å². The van der Waals surface area contributed by atoms with E-state index < -0.39 is 0 Å². The Morgan fingerprint density at radius 2 is 1.29 bits per heavy atom. The molecule has 0 bridgehead atoms. The highest BCUT2D eigenvalue weighted by Gasteiger charge is 2.14. The third-order valence-electron chi connectivity index (χ3n) is 3.80. The Hall–Kier alpha value is -2.68. The maximum atomic E-state index is 10.5. The standard InChI is InChI=1S/C18H16O3/c1-10-7-12(8-11(2)17(10)20)15-9-16(19)13-5-3-4-6-14(13)18(15)21/h3-9,19-21H,1-2H3. The topological polar surface area (TPSA) is 60.7 Å². The number of fused-ring (bicyclic) bond motifs is 1. The molecule has 3 N–H and O–H groups in total. The Kier molecular flexibility index (Phi) is 2.98. The molecule has 3 aromatic rings. The molecule has 0 aliphatic rings. The van der Waals surface area contributed by atoms with Gasteiger partial charge in [0.05, 0.1) is 0 Å². The molecule has 0 fully saturated rings. The van der Waals surface area contributed by atoms with Gasteiger partial charge in [0, 0.05) is 16.3 Å². The van der Waals surface area contributed by atoms with Gasteiger partial charge in [-0.1, -0.05) is 24.3 Å². The highest BCUT2D eigenvalue weighted by atomic mass is 16.3. The second-order valence-electron chi connectivity index (χ2n) is 5.30. The van der Waals surface area contributed by atoms with Crippen molar-refractivity contribution in [2.75, 3.05) is 0 Å². The predicted octanol–water partition coefficient (Wildman–Crippen LogP) is 4.24. The van der Waals surface area contributed by atoms with Crippen LogP contribution in [-0.2, 0) is 0 Å². The van der Waals surface area contributed by atoms with Crippen LogP contribution in [0, 0.1) is 13.8 Å². The van der Waals surface area contributed by atoms with E-state index in [4.69, 9.17) is 0 Å². The van der Waals surface area contributed by atoms with E-state index in [-0.39, 0.29) is 17.2 Å². The monoisotopic (exact) mass is 280 g/mol. The summed E-state index contributed by atoms with van der Waals surface area (Å²) in [6, 6.07) is 12.3. The predicted molar refractivity (Wildman–Crippen MR) is 83.9 cm³/mol. The zero-order valence-electron chi connectivity index (χ0n) is 11.9. The largest absolute Gasteiger partial charge is 0.507 e. The molecule has 0 spiro atoms. The summed E-state index contributed by atoms with van der Waals surface area (Å²) in [5.41, 5.74) is 2.79. The van der Waals surface area contributed by atoms with E-state index in [9.17, 15) is 15.3 Å². The van der Waals surface area contributed by atoms with E-state index >= 15 is 0 Å². The molecule has 0 amide bonds. The van der Waals surface area contributed by atoms with Gasteiger partial charge in [0.2, 0.25) is 0 Å². The van der Waals surface area contributed by atoms with E-state index in [0.29, 0.717) is 16.3 Å². The molecule has 3 nitrogen and oxygen atoms in total. The van der Waals surface area contributed by atoms with Crippen LogP contribution in [0.15, 0.2) is 42.5 Å². The van der Waals surface area contributed by atoms with Crippen LogP contribution < -0.4 is 0 Å². The van der Waals surface area contributed by atoms with Crippen molar-refractivity contribution in [2.45, 2.75) is 13.8 Å². The minimum atomic E-state index is 0.127. The molecule has 0 unspecified atom stereocenters. The number of phenols is 3. The minimum absolute atomic E-state index is 0.127. The minimum Gasteiger partial charge on any atom is -0.507 e. The molecule has 0 saturated carbocycles. The molecular formula is C18H16O3. The number of rotatable bonds is 1. The molecule has 0 saturated heterocycles. The van der Waals surface area contributed by atoms with Crippen molar-refractivity contribution in [1.29, 1.82) is 0 Å². The molecule has 21 heavy (non-hydrogen) atoms. The SMILES string of the molecule is Cc1cc(-c2cc(O)c3ccccc3c2O)cc(C)c1O. The van der Waals surface area contributed by atoms with Gasteiger partial charge in [-0.2, -0.15) is 0 Å². The zero-order valence-corrected chi connectivity index (χ0v) is 11.9. The second-order valence-corrected chi connectivity index (χ2v) is 5.30. The molecule has 0 aliphatic carbocycles. The van der Waals surface area contributed by atoms with Gasteiger partial charge in [-0.3, -0.25) is 0 Å². The number of hydrogen-bond donors (Lipinski definition) is 3. The van der Waals surface area contributed by atoms with Crippen LogP contribution >= 0.6 is 0 Å². The molecule has 0 atom stereocenters. The van der Waals surface area contributed by atoms with Crippen molar-refractivity contribution in [2.24, 2.45) is 0 Å². The van der Waals surface area contributed by atoms with Crippen molar-refractivity contribution in [3.63, 3.8) is 0 Å². The third kappa shape index (κ3) is 2.07. The smallest absolute Gasteiger partial charge is 0.131 e. The van der Waals surface area contributed by atoms with Crippen molar-refractivity contribution in [3.05, 3.63) is 53.6 Å². The van der Waals surface area contributed by atoms with Crippen LogP contribution in [0.2, 0.25) is 0 Å². The van der Waals surface area contributed by atoms with Crippen molar-refractivity contribution >= 4 is 10.8 Å². The Balaban J connectivity index is 2.33. The van der Waals surface area contributed by atoms with Gasteiger partial charge in [-0.25, -0.2) is 0 Å². The molecule has 3 aromatic carbocycles. The fraction of sp³-hybridized carbons (Fsp3) is 0.111. The Bertz CT molecular complexity index is 827. The summed E-state index contributed by atoms with van der Waals surface area (Å²) in [5.74, 6) is 0.512. The summed E-state index contributed by atoms with van der Waals surface area (Å²) in [5, 5.41) is 31.8. The third-order valence-corrected chi connectivity index (χ3v) is 3.80. The van der Waals surface area contributed by atoms with Gasteiger partial charge >= 0.3 is 0 Å². The molecule has 0 heterocycles. The highest BCUT2D eigenvalue weighted by Crippen LogP contribution is 2.42. The summed E-state index contributed by atoms with van der Waals surface area (Å²) >= 11 is 0. The van der Waals surface area contributed by atoms with Gasteiger partial charge < -0.3 is 15.3 Å². The molecule has 0 radical (unpaired) electrons. The van der Waals surface area contributed by atoms with Crippen LogP contribution in [0.1, 0.15) is 11.1 Å². The van der Waals surface area contributed by atoms with Gasteiger partial charge in [0.15, 0.2) is 0 Å². The second kappa shape index (κ2) is 4.70. The van der Waals surface area contributed by atoms with E-state index in [1.54, 1.807) is 30.3 Å². The lowest BCUT2D eigenvalue weighted by Gasteiger charge is -2.12. The molecule has 106 valence electrons. The van der Waals surface area contributed by atoms with E-state index in [2.05, 4.69) is 0 Å². The molecule has 3 heteroatoms. The normalized spacial score (nSPS) is 11.0. The van der Waals surface area contributed by atoms with Crippen molar-refractivity contribution in [3.8, 4) is 28.4 Å². The quantitative estimate of drug-likeness (QED) is 0.584. The van der Waals surface area contributed by atoms with Gasteiger partial charge in [0.25, 0.3) is 0 Å². The highest BCUT2D eigenvalue weighted by molar-refractivity contribution is 5.98. The lowest BCUT2D eigenvalue weighted by molar-refractivity contribution is 0.466. The van der Waals surface area contributed by atoms with Crippen molar-refractivity contribution in [1.82, 2.24) is 0 Å². The van der Waals surface area contributed by atoms with Crippen LogP contribution in [0.5, 0.6) is 17.2 Å². The van der Waals surface area contributed by atoms with Crippen molar-refractivity contribution < 1.29 is 15.3 Å². The maximum absolute atomic E-state index is 10.5. The van der Waals surface area contributed by atoms with Gasteiger partial charge in [-0.15, -0.1) is 0 Å². The van der Waals surface area contributed by atoms with Crippen LogP contribution in [0.3, 0.4) is 0 Å². The molecule has 0 aromatic heterocycles. The summed E-state index contributed by atoms with van der Waals surface area (Å²) < 4.78 is 0. The fourth-order valence-electron chi connectivity index (χ4n) is 2.67. The number of phenolic OH excluding ortho intramolecular Hbond substituents is 3. The van der Waals surface area contributed by atoms with E-state index in [1.165, 1.54) is 0 Å². The first kappa shape index (κ1) is 13.3. The Morgan fingerprint density at radius 1 is 0.714 bits per heavy atom. The first-order valence-electron chi connectivity index (χ1n) is 6.73. The van der Waals surface area contributed by atoms with Crippen LogP contribution in [0.4, 0.5) is 0 Å². The molecule has 3 rings (SSSR count). The lowest BCUT2D eigenvalue weighted by atomic mass is 9.96. The number of hydrogen-bond acceptors (Lipinski definition) is 3. The van der Waals surface area contributed by atoms with E-state index in [1.807, 2.05) is 26.0 Å². The van der Waals surface area contributed by atoms with E-state index in [0.717, 1.165) is 16.7 Å². The van der Waals surface area contributed by atoms with Crippen LogP contribution in [0.25, 0.3) is 21.9 Å². The number of aromatic hydroxyl groups is 3. The fourth-order valence-corrected chi connectivity index (χ4v) is 2.67. The first-order valence-corrected chi connectivity index (χ1v) is 6.73. The first-order chi connectivity index (χ1) is 9.99. The average molecular weight is 280 g/mol. The number of aryl methyl sites for hydroxylation is 2. The summed E-state index contributed by atoms with van der Waals surface area (Å²) in [6.45, 7) is 3.62. The van der Waals surface area contributed by atoms with Crippen LogP contribution in [-0.4, -0.2) is 15.3 Å². The molecule has 0 aliphatic heterocycles.